The van der Waals surface area contributed by atoms with Crippen molar-refractivity contribution in [3.05, 3.63) is 11.9 Å². The Bertz CT molecular complexity index is 504. The Balaban J connectivity index is 1.49. The van der Waals surface area contributed by atoms with Crippen molar-refractivity contribution >= 4 is 5.91 Å². The molecule has 1 saturated heterocycles. The molecule has 2 fully saturated rings. The molecule has 2 aliphatic rings. The van der Waals surface area contributed by atoms with Crippen LogP contribution in [0.25, 0.3) is 0 Å². The summed E-state index contributed by atoms with van der Waals surface area (Å²) in [6, 6.07) is 0.608. The second-order valence-corrected chi connectivity index (χ2v) is 6.51. The fraction of sp³-hybridized carbons (Fsp3) is 0.800. The van der Waals surface area contributed by atoms with E-state index < -0.39 is 0 Å². The van der Waals surface area contributed by atoms with E-state index in [4.69, 9.17) is 10.5 Å². The Morgan fingerprint density at radius 3 is 3.09 bits per heavy atom. The summed E-state index contributed by atoms with van der Waals surface area (Å²) in [5.41, 5.74) is 6.30. The summed E-state index contributed by atoms with van der Waals surface area (Å²) in [6.45, 7) is 3.70. The molecule has 1 aliphatic heterocycles. The monoisotopic (exact) mass is 322 g/mol. The Labute approximate surface area is 136 Å². The van der Waals surface area contributed by atoms with Crippen LogP contribution in [0.4, 0.5) is 0 Å². The fourth-order valence-corrected chi connectivity index (χ4v) is 3.14. The highest BCUT2D eigenvalue weighted by Crippen LogP contribution is 2.26. The normalized spacial score (nSPS) is 29.0. The molecule has 1 atom stereocenters. The zero-order chi connectivity index (χ0) is 16.1. The summed E-state index contributed by atoms with van der Waals surface area (Å²) < 4.78 is 7.30. The molecule has 0 bridgehead atoms. The highest BCUT2D eigenvalue weighted by atomic mass is 16.5. The molecule has 1 aromatic heterocycles. The summed E-state index contributed by atoms with van der Waals surface area (Å²) in [6.07, 6.45) is 5.74. The molecular formula is C15H26N6O2. The molecule has 8 nitrogen and oxygen atoms in total. The van der Waals surface area contributed by atoms with Crippen LogP contribution in [-0.4, -0.2) is 59.8 Å². The number of hydrogen-bond donors (Lipinski definition) is 3. The molecule has 1 aliphatic carbocycles. The van der Waals surface area contributed by atoms with Gasteiger partial charge in [-0.1, -0.05) is 5.21 Å². The predicted octanol–water partition coefficient (Wildman–Crippen LogP) is -0.314. The van der Waals surface area contributed by atoms with E-state index in [1.54, 1.807) is 6.20 Å². The molecule has 23 heavy (non-hydrogen) atoms. The van der Waals surface area contributed by atoms with Gasteiger partial charge < -0.3 is 21.1 Å². The van der Waals surface area contributed by atoms with Crippen LogP contribution in [0.3, 0.4) is 0 Å². The van der Waals surface area contributed by atoms with E-state index >= 15 is 0 Å². The Hall–Kier alpha value is -1.51. The van der Waals surface area contributed by atoms with Crippen LogP contribution in [0.5, 0.6) is 0 Å². The quantitative estimate of drug-likeness (QED) is 0.702. The second kappa shape index (κ2) is 7.85. The van der Waals surface area contributed by atoms with Gasteiger partial charge in [-0.25, -0.2) is 4.68 Å². The highest BCUT2D eigenvalue weighted by molar-refractivity contribution is 5.91. The summed E-state index contributed by atoms with van der Waals surface area (Å²) in [4.78, 5) is 12.2. The number of nitrogens with two attached hydrogens (primary N) is 1. The number of ether oxygens (including phenoxy) is 1. The smallest absolute Gasteiger partial charge is 0.273 e. The molecule has 0 unspecified atom stereocenters. The highest BCUT2D eigenvalue weighted by Gasteiger charge is 2.22. The molecule has 128 valence electrons. The van der Waals surface area contributed by atoms with E-state index in [2.05, 4.69) is 20.9 Å². The predicted molar refractivity (Wildman–Crippen MR) is 85.0 cm³/mol. The first kappa shape index (κ1) is 16.4. The molecule has 1 saturated carbocycles. The van der Waals surface area contributed by atoms with Gasteiger partial charge in [0.05, 0.1) is 25.5 Å². The van der Waals surface area contributed by atoms with Crippen molar-refractivity contribution in [1.82, 2.24) is 25.6 Å². The average molecular weight is 322 g/mol. The number of aromatic nitrogens is 3. The lowest BCUT2D eigenvalue weighted by Gasteiger charge is -2.25. The van der Waals surface area contributed by atoms with Gasteiger partial charge in [0, 0.05) is 31.6 Å². The lowest BCUT2D eigenvalue weighted by molar-refractivity contribution is 0.0917. The van der Waals surface area contributed by atoms with Gasteiger partial charge in [-0.05, 0) is 25.7 Å². The Morgan fingerprint density at radius 2 is 2.26 bits per heavy atom. The van der Waals surface area contributed by atoms with E-state index in [1.165, 1.54) is 0 Å². The third-order valence-electron chi connectivity index (χ3n) is 4.62. The fourth-order valence-electron chi connectivity index (χ4n) is 3.14. The van der Waals surface area contributed by atoms with Crippen LogP contribution in [0, 0.1) is 5.92 Å². The van der Waals surface area contributed by atoms with Gasteiger partial charge in [0.15, 0.2) is 5.69 Å². The van der Waals surface area contributed by atoms with Gasteiger partial charge >= 0.3 is 0 Å². The van der Waals surface area contributed by atoms with Gasteiger partial charge in [0.25, 0.3) is 5.91 Å². The van der Waals surface area contributed by atoms with E-state index in [0.717, 1.165) is 45.4 Å². The summed E-state index contributed by atoms with van der Waals surface area (Å²) in [5.74, 6) is 0.115. The molecule has 0 radical (unpaired) electrons. The number of nitrogens with one attached hydrogen (secondary N) is 2. The van der Waals surface area contributed by atoms with Crippen molar-refractivity contribution in [1.29, 1.82) is 0 Å². The molecule has 1 aromatic rings. The number of hydrogen-bond acceptors (Lipinski definition) is 6. The molecule has 4 N–H and O–H groups in total. The van der Waals surface area contributed by atoms with Gasteiger partial charge in [-0.15, -0.1) is 5.10 Å². The van der Waals surface area contributed by atoms with Crippen LogP contribution in [-0.2, 0) is 4.74 Å². The minimum absolute atomic E-state index is 0.173. The first-order chi connectivity index (χ1) is 11.2. The first-order valence-corrected chi connectivity index (χ1v) is 8.46. The van der Waals surface area contributed by atoms with E-state index in [1.807, 2.05) is 4.68 Å². The maximum Gasteiger partial charge on any atom is 0.273 e. The zero-order valence-corrected chi connectivity index (χ0v) is 13.4. The second-order valence-electron chi connectivity index (χ2n) is 6.51. The zero-order valence-electron chi connectivity index (χ0n) is 13.4. The van der Waals surface area contributed by atoms with Crippen molar-refractivity contribution in [3.8, 4) is 0 Å². The molecule has 8 heteroatoms. The maximum atomic E-state index is 12.2. The van der Waals surface area contributed by atoms with Crippen LogP contribution in [0.2, 0.25) is 0 Å². The molecular weight excluding hydrogens is 296 g/mol. The third kappa shape index (κ3) is 4.49. The average Bonchev–Trinajstić information content (AvgIpc) is 2.91. The van der Waals surface area contributed by atoms with E-state index in [9.17, 15) is 4.79 Å². The summed E-state index contributed by atoms with van der Waals surface area (Å²) in [5, 5.41) is 14.4. The lowest BCUT2D eigenvalue weighted by Crippen LogP contribution is -2.35. The van der Waals surface area contributed by atoms with Gasteiger partial charge in [0.1, 0.15) is 0 Å². The van der Waals surface area contributed by atoms with Gasteiger partial charge in [-0.3, -0.25) is 4.79 Å². The number of amides is 1. The van der Waals surface area contributed by atoms with Crippen LogP contribution in [0.15, 0.2) is 6.20 Å². The van der Waals surface area contributed by atoms with Crippen molar-refractivity contribution < 1.29 is 9.53 Å². The minimum atomic E-state index is -0.173. The van der Waals surface area contributed by atoms with Crippen molar-refractivity contribution in [2.75, 3.05) is 32.8 Å². The topological polar surface area (TPSA) is 107 Å². The first-order valence-electron chi connectivity index (χ1n) is 8.46. The Kier molecular flexibility index (Phi) is 5.58. The molecule has 2 heterocycles. The lowest BCUT2D eigenvalue weighted by atomic mass is 9.92. The molecule has 0 spiro atoms. The number of carbonyl (C=O) groups is 1. The molecule has 1 amide bonds. The number of carbonyl (C=O) groups excluding carboxylic acids is 1. The van der Waals surface area contributed by atoms with Crippen molar-refractivity contribution in [2.24, 2.45) is 11.7 Å². The van der Waals surface area contributed by atoms with Crippen LogP contribution in [0.1, 0.15) is 42.2 Å². The standard InChI is InChI=1S/C15H26N6O2/c16-12-1-3-13(4-2-12)21-9-14(19-20-21)15(22)18-8-11-7-17-5-6-23-10-11/h9,11-13,17H,1-8,10,16H2,(H,18,22)/t11-,12?,13?/m1/s1. The van der Waals surface area contributed by atoms with Crippen molar-refractivity contribution in [3.63, 3.8) is 0 Å². The van der Waals surface area contributed by atoms with Gasteiger partial charge in [-0.2, -0.15) is 0 Å². The van der Waals surface area contributed by atoms with E-state index in [-0.39, 0.29) is 11.8 Å². The minimum Gasteiger partial charge on any atom is -0.380 e. The van der Waals surface area contributed by atoms with Crippen molar-refractivity contribution in [2.45, 2.75) is 37.8 Å². The number of nitrogens with zero attached hydrogens (tertiary/aromatic N) is 3. The van der Waals surface area contributed by atoms with E-state index in [0.29, 0.717) is 30.9 Å². The summed E-state index contributed by atoms with van der Waals surface area (Å²) in [7, 11) is 0. The SMILES string of the molecule is NC1CCC(n2cc(C(=O)NC[C@H]3CNCCOC3)nn2)CC1. The number of rotatable bonds is 4. The van der Waals surface area contributed by atoms with Crippen LogP contribution >= 0.6 is 0 Å². The van der Waals surface area contributed by atoms with Crippen LogP contribution < -0.4 is 16.4 Å². The third-order valence-corrected chi connectivity index (χ3v) is 4.62. The molecule has 0 aromatic carbocycles. The largest absolute Gasteiger partial charge is 0.380 e. The maximum absolute atomic E-state index is 12.2. The van der Waals surface area contributed by atoms with Gasteiger partial charge in [0.2, 0.25) is 0 Å². The molecule has 3 rings (SSSR count). The summed E-state index contributed by atoms with van der Waals surface area (Å²) >= 11 is 0. The Morgan fingerprint density at radius 1 is 1.43 bits per heavy atom.